The fourth-order valence-electron chi connectivity index (χ4n) is 12.5. The average molecular weight is 1630 g/mol. The Morgan fingerprint density at radius 3 is 1.99 bits per heavy atom. The third-order valence-electron chi connectivity index (χ3n) is 18.4. The van der Waals surface area contributed by atoms with E-state index in [1.807, 2.05) is 0 Å². The summed E-state index contributed by atoms with van der Waals surface area (Å²) >= 11 is 0. The fourth-order valence-corrected chi connectivity index (χ4v) is 14.8. The number of aryl methyl sites for hydroxylation is 1. The Hall–Kier alpha value is -12.1. The number of rotatable bonds is 23. The number of para-hydroxylation sites is 1. The molecule has 0 aliphatic carbocycles. The van der Waals surface area contributed by atoms with Crippen LogP contribution in [0.15, 0.2) is 73.1 Å². The summed E-state index contributed by atoms with van der Waals surface area (Å²) in [6.07, 6.45) is -3.75. The smallest absolute Gasteiger partial charge is 0.326 e. The number of urea groups is 1. The van der Waals surface area contributed by atoms with Gasteiger partial charge in [-0.1, -0.05) is 63.7 Å². The van der Waals surface area contributed by atoms with Crippen LogP contribution in [0.1, 0.15) is 88.0 Å². The summed E-state index contributed by atoms with van der Waals surface area (Å²) in [5.41, 5.74) is 23.4. The number of carbonyl (C=O) groups excluding carboxylic acids is 14. The van der Waals surface area contributed by atoms with Crippen LogP contribution in [-0.2, 0) is 97.7 Å². The highest BCUT2D eigenvalue weighted by atomic mass is 33.1. The number of hydrogen-bond donors (Lipinski definition) is 23. The molecule has 27 N–H and O–H groups in total. The number of phenolic OH excluding ortho intramolecular Hbond substituents is 1. The zero-order valence-electron chi connectivity index (χ0n) is 61.9. The van der Waals surface area contributed by atoms with Gasteiger partial charge in [0.2, 0.25) is 76.8 Å². The number of aliphatic carboxylic acids is 2. The molecule has 45 heteroatoms. The van der Waals surface area contributed by atoms with Crippen molar-refractivity contribution in [2.75, 3.05) is 37.7 Å². The molecule has 5 heterocycles. The maximum absolute atomic E-state index is 15.3. The van der Waals surface area contributed by atoms with E-state index in [9.17, 15) is 78.0 Å². The standard InChI is InChI=1S/C69H95N23O20S2/c1-33-29-91-30-37(89-90-91)15-18-43(59(102)85-47(67(110)111)24-35-13-16-38(94)17-14-35)80-58(101)44(19-20-51(71)95)81-60(103)45(25-36-28-77-40-9-4-3-8-39(36)40)83-56(99)41(11-6-22-76-69(74)112)79-61(104)49-32-114-113-31-48(78-52(96)27-70)62(105)87-54(33)64(107)88-55(34(2)93)65(108)84-46(26-53(97)98)66(109)92-23-7-12-50(92)63(106)82-42(57(100)86-49)10-5-21-75-68(72)73/h3-4,8-9,13-14,16-17,28,30,34,41-50,54-55,77,93-94H,1,5-7,10-12,15,18-27,29,31-32,70H2,2H3,(H2,71,95)(H,78,96)(H,79,104)(H,80,101)(H,81,103)(H,82,106)(H,83,99)(H,84,108)(H,85,102)(H,86,100)(H,87,105)(H,88,107)(H,97,98)(H,110,111)(H4,72,73,75)(H3,74,76,112)/t34-,41+,42+,43-,44+,45?,46+,47+,48+,49?,50?,54+,55+/m1/s1. The van der Waals surface area contributed by atoms with E-state index in [0.717, 1.165) is 38.1 Å². The summed E-state index contributed by atoms with van der Waals surface area (Å²) in [5.74, 6) is -19.4. The second-order valence-corrected chi connectivity index (χ2v) is 29.7. The summed E-state index contributed by atoms with van der Waals surface area (Å²) in [5, 5.41) is 90.8. The van der Waals surface area contributed by atoms with Crippen LogP contribution in [0, 0.1) is 5.41 Å². The number of primary amides is 2. The SMILES string of the molecule is C=C1Cn2cc(nn2)CC[C@H](C(=O)N[C@@H](Cc2ccc(O)cc2)C(=O)O)NC(=O)[C@H](CCC(N)=O)NC(=O)C(Cc2c[nH]c3ccccc23)NC(=O)[C@H](CCCNC(N)=O)NC(=O)C2CSSC[C@H](NC(=O)CN)C(=O)N[C@@H]1C(=O)N[C@@H]([C@@H](C)O)C(=O)N[C@@H](CC(=O)O)C(=O)N1CCCC1C(=O)N[C@@H](CCCNC(=N)N)C(=O)N2. The number of guanidine groups is 1. The van der Waals surface area contributed by atoms with Crippen LogP contribution < -0.4 is 92.1 Å². The number of H-pyrrole nitrogens is 1. The van der Waals surface area contributed by atoms with Crippen molar-refractivity contribution in [1.82, 2.24) is 94.0 Å². The molecular weight excluding hydrogens is 1540 g/mol. The molecule has 2 aromatic carbocycles. The molecule has 618 valence electrons. The number of phenols is 1. The first-order chi connectivity index (χ1) is 54.2. The van der Waals surface area contributed by atoms with Crippen molar-refractivity contribution in [2.45, 2.75) is 176 Å². The van der Waals surface area contributed by atoms with E-state index in [1.54, 1.807) is 24.3 Å². The Morgan fingerprint density at radius 2 is 1.33 bits per heavy atom. The van der Waals surface area contributed by atoms with Crippen LogP contribution in [0.4, 0.5) is 4.79 Å². The lowest BCUT2D eigenvalue weighted by atomic mass is 10.0. The van der Waals surface area contributed by atoms with Crippen LogP contribution in [0.5, 0.6) is 5.75 Å². The van der Waals surface area contributed by atoms with Gasteiger partial charge in [-0.05, 0) is 99.6 Å². The van der Waals surface area contributed by atoms with Crippen LogP contribution in [-0.4, -0.2) is 262 Å². The minimum atomic E-state index is -2.09. The summed E-state index contributed by atoms with van der Waals surface area (Å²) in [4.78, 5) is 231. The molecular formula is C69H95N23O20S2. The van der Waals surface area contributed by atoms with Gasteiger partial charge in [0.05, 0.1) is 31.3 Å². The second-order valence-electron chi connectivity index (χ2n) is 27.1. The monoisotopic (exact) mass is 1630 g/mol. The molecule has 2 saturated heterocycles. The number of aliphatic hydroxyl groups excluding tert-OH is 1. The molecule has 3 aliphatic rings. The van der Waals surface area contributed by atoms with E-state index >= 15 is 19.2 Å². The van der Waals surface area contributed by atoms with E-state index in [4.69, 9.17) is 28.3 Å². The van der Waals surface area contributed by atoms with Crippen molar-refractivity contribution in [3.05, 3.63) is 89.9 Å². The molecule has 0 saturated carbocycles. The lowest BCUT2D eigenvalue weighted by molar-refractivity contribution is -0.146. The molecule has 0 radical (unpaired) electrons. The number of amides is 15. The van der Waals surface area contributed by atoms with E-state index in [0.29, 0.717) is 22.0 Å². The van der Waals surface area contributed by atoms with Gasteiger partial charge in [-0.2, -0.15) is 0 Å². The molecule has 13 atom stereocenters. The van der Waals surface area contributed by atoms with Gasteiger partial charge < -0.3 is 122 Å². The molecule has 7 rings (SSSR count). The predicted octanol–water partition coefficient (Wildman–Crippen LogP) is -6.95. The molecule has 0 spiro atoms. The minimum absolute atomic E-state index is 0.0261. The van der Waals surface area contributed by atoms with Crippen LogP contribution >= 0.6 is 21.6 Å². The van der Waals surface area contributed by atoms with Crippen molar-refractivity contribution in [2.24, 2.45) is 22.9 Å². The van der Waals surface area contributed by atoms with Crippen LogP contribution in [0.3, 0.4) is 0 Å². The number of hydrogen-bond acceptors (Lipinski definition) is 24. The van der Waals surface area contributed by atoms with Gasteiger partial charge in [0.1, 0.15) is 78.3 Å². The first-order valence-corrected chi connectivity index (χ1v) is 38.7. The van der Waals surface area contributed by atoms with Gasteiger partial charge in [0.25, 0.3) is 0 Å². The number of aromatic amines is 1. The molecule has 4 aromatic rings. The number of aromatic nitrogens is 4. The third kappa shape index (κ3) is 27.1. The molecule has 43 nitrogen and oxygen atoms in total. The van der Waals surface area contributed by atoms with E-state index < -0.39 is 230 Å². The largest absolute Gasteiger partial charge is 0.508 e. The fraction of sp³-hybridized carbons (Fsp3) is 0.493. The number of aliphatic hydroxyl groups is 1. The summed E-state index contributed by atoms with van der Waals surface area (Å²) in [6.45, 7) is 3.28. The second kappa shape index (κ2) is 43.1. The normalized spacial score (nSPS) is 23.7. The Labute approximate surface area is 658 Å². The Balaban J connectivity index is 1.41. The maximum Gasteiger partial charge on any atom is 0.326 e. The lowest BCUT2D eigenvalue weighted by Crippen LogP contribution is -2.62. The number of carboxylic acids is 2. The van der Waals surface area contributed by atoms with Crippen molar-refractivity contribution in [3.8, 4) is 5.75 Å². The third-order valence-corrected chi connectivity index (χ3v) is 20.8. The Kier molecular flexibility index (Phi) is 33.6. The van der Waals surface area contributed by atoms with E-state index in [2.05, 4.69) is 91.0 Å². The van der Waals surface area contributed by atoms with Crippen molar-refractivity contribution < 1.29 is 97.1 Å². The zero-order valence-corrected chi connectivity index (χ0v) is 63.5. The first kappa shape index (κ1) is 89.1. The Bertz CT molecular complexity index is 4220. The zero-order chi connectivity index (χ0) is 83.5. The minimum Gasteiger partial charge on any atom is -0.508 e. The summed E-state index contributed by atoms with van der Waals surface area (Å²) in [7, 11) is 1.59. The number of aromatic hydroxyl groups is 1. The number of carbonyl (C=O) groups is 16. The lowest BCUT2D eigenvalue weighted by Gasteiger charge is -2.31. The molecule has 4 bridgehead atoms. The highest BCUT2D eigenvalue weighted by molar-refractivity contribution is 8.76. The van der Waals surface area contributed by atoms with Gasteiger partial charge in [-0.15, -0.1) is 5.10 Å². The van der Waals surface area contributed by atoms with Crippen molar-refractivity contribution >= 4 is 133 Å². The predicted molar refractivity (Wildman–Crippen MR) is 407 cm³/mol. The number of nitrogens with two attached hydrogens (primary N) is 4. The van der Waals surface area contributed by atoms with Gasteiger partial charge in [-0.3, -0.25) is 72.5 Å². The summed E-state index contributed by atoms with van der Waals surface area (Å²) < 4.78 is 1.08. The first-order valence-electron chi connectivity index (χ1n) is 36.2. The average Bonchev–Trinajstić information content (AvgIpc) is 1.64. The molecule has 114 heavy (non-hydrogen) atoms. The molecule has 15 amide bonds. The van der Waals surface area contributed by atoms with E-state index in [-0.39, 0.29) is 94.4 Å². The highest BCUT2D eigenvalue weighted by Gasteiger charge is 2.43. The quantitative estimate of drug-likeness (QED) is 0.0108. The molecule has 3 aliphatic heterocycles. The van der Waals surface area contributed by atoms with Gasteiger partial charge in [0.15, 0.2) is 5.96 Å². The van der Waals surface area contributed by atoms with Gasteiger partial charge >= 0.3 is 18.0 Å². The number of benzene rings is 2. The molecule has 3 unspecified atom stereocenters. The summed E-state index contributed by atoms with van der Waals surface area (Å²) in [6, 6.07) is -10.4. The highest BCUT2D eigenvalue weighted by Crippen LogP contribution is 2.26. The number of nitrogens with zero attached hydrogens (tertiary/aromatic N) is 4. The number of nitrogens with one attached hydrogen (secondary N) is 15. The van der Waals surface area contributed by atoms with Gasteiger partial charge in [-0.25, -0.2) is 14.3 Å². The van der Waals surface area contributed by atoms with Crippen LogP contribution in [0.2, 0.25) is 0 Å². The Morgan fingerprint density at radius 1 is 0.711 bits per heavy atom. The molecule has 2 fully saturated rings. The van der Waals surface area contributed by atoms with E-state index in [1.165, 1.54) is 36.7 Å². The number of fused-ring (bicyclic) bond motifs is 12. The topological polar surface area (TPSA) is 688 Å². The van der Waals surface area contributed by atoms with Crippen molar-refractivity contribution in [1.29, 1.82) is 5.41 Å². The van der Waals surface area contributed by atoms with Crippen molar-refractivity contribution in [3.63, 3.8) is 0 Å². The maximum atomic E-state index is 15.3. The van der Waals surface area contributed by atoms with Crippen LogP contribution in [0.25, 0.3) is 10.9 Å². The molecule has 2 aromatic heterocycles. The van der Waals surface area contributed by atoms with Gasteiger partial charge in [0, 0.05) is 73.7 Å². The number of carboxylic acid groups (broad SMARTS) is 2.